The van der Waals surface area contributed by atoms with Crippen LogP contribution in [0.15, 0.2) is 24.3 Å². The highest BCUT2D eigenvalue weighted by atomic mass is 14.6. The van der Waals surface area contributed by atoms with E-state index in [1.165, 1.54) is 76.2 Å². The van der Waals surface area contributed by atoms with Crippen molar-refractivity contribution in [3.8, 4) is 0 Å². The molecule has 1 saturated carbocycles. The van der Waals surface area contributed by atoms with Gasteiger partial charge in [0.25, 0.3) is 0 Å². The van der Waals surface area contributed by atoms with Crippen molar-refractivity contribution >= 4 is 0 Å². The molecular weight excluding hydrogens is 386 g/mol. The van der Waals surface area contributed by atoms with Gasteiger partial charge in [-0.05, 0) is 92.1 Å². The largest absolute Gasteiger partial charge is 0.328 e. The van der Waals surface area contributed by atoms with Gasteiger partial charge < -0.3 is 5.73 Å². The summed E-state index contributed by atoms with van der Waals surface area (Å²) in [6, 6.07) is 10.2. The fourth-order valence-electron chi connectivity index (χ4n) is 6.81. The topological polar surface area (TPSA) is 26.0 Å². The van der Waals surface area contributed by atoms with Gasteiger partial charge in [0.2, 0.25) is 0 Å². The van der Waals surface area contributed by atoms with Crippen molar-refractivity contribution in [2.75, 3.05) is 0 Å². The Hall–Kier alpha value is -0.820. The zero-order chi connectivity index (χ0) is 23.5. The number of nitrogens with two attached hydrogens (primary N) is 1. The first-order valence-electron chi connectivity index (χ1n) is 14.2. The summed E-state index contributed by atoms with van der Waals surface area (Å²) in [6.45, 7) is 14.0. The maximum absolute atomic E-state index is 6.21. The number of hydrogen-bond donors (Lipinski definition) is 1. The molecule has 0 aromatic heterocycles. The van der Waals surface area contributed by atoms with Crippen LogP contribution in [-0.2, 0) is 0 Å². The summed E-state index contributed by atoms with van der Waals surface area (Å²) in [7, 11) is 0. The molecule has 0 heterocycles. The van der Waals surface area contributed by atoms with Gasteiger partial charge in [-0.15, -0.1) is 0 Å². The summed E-state index contributed by atoms with van der Waals surface area (Å²) < 4.78 is 0. The summed E-state index contributed by atoms with van der Waals surface area (Å²) in [5.41, 5.74) is 9.33. The van der Waals surface area contributed by atoms with Crippen LogP contribution in [0.4, 0.5) is 0 Å². The molecule has 0 spiro atoms. The number of rotatable bonds is 14. The van der Waals surface area contributed by atoms with Gasteiger partial charge in [0.15, 0.2) is 0 Å². The molecule has 0 aliphatic heterocycles. The van der Waals surface area contributed by atoms with Crippen molar-refractivity contribution in [1.82, 2.24) is 0 Å². The number of hydrogen-bond acceptors (Lipinski definition) is 1. The predicted octanol–water partition coefficient (Wildman–Crippen LogP) is 9.46. The minimum absolute atomic E-state index is 0.303. The lowest BCUT2D eigenvalue weighted by Gasteiger charge is -2.39. The minimum atomic E-state index is 0.303. The normalized spacial score (nSPS) is 24.0. The molecule has 5 atom stereocenters. The van der Waals surface area contributed by atoms with E-state index < -0.39 is 0 Å². The summed E-state index contributed by atoms with van der Waals surface area (Å²) in [6.07, 6.45) is 16.3. The molecule has 1 aromatic carbocycles. The molecule has 1 heteroatoms. The molecule has 0 amide bonds. The summed E-state index contributed by atoms with van der Waals surface area (Å²) in [4.78, 5) is 0. The van der Waals surface area contributed by atoms with E-state index in [9.17, 15) is 0 Å². The van der Waals surface area contributed by atoms with E-state index in [4.69, 9.17) is 5.73 Å². The van der Waals surface area contributed by atoms with Gasteiger partial charge >= 0.3 is 0 Å². The lowest BCUT2D eigenvalue weighted by molar-refractivity contribution is 0.154. The maximum Gasteiger partial charge on any atom is 0.00130 e. The highest BCUT2D eigenvalue weighted by molar-refractivity contribution is 5.28. The fraction of sp³-hybridized carbons (Fsp3) is 0.806. The van der Waals surface area contributed by atoms with Crippen LogP contribution >= 0.6 is 0 Å². The molecule has 1 aliphatic carbocycles. The molecule has 4 unspecified atom stereocenters. The van der Waals surface area contributed by atoms with E-state index >= 15 is 0 Å². The molecule has 1 fully saturated rings. The second-order valence-electron chi connectivity index (χ2n) is 11.5. The zero-order valence-electron chi connectivity index (χ0n) is 22.4. The van der Waals surface area contributed by atoms with Crippen molar-refractivity contribution < 1.29 is 0 Å². The number of benzene rings is 1. The van der Waals surface area contributed by atoms with Crippen molar-refractivity contribution in [1.29, 1.82) is 0 Å². The van der Waals surface area contributed by atoms with E-state index in [0.717, 1.165) is 24.2 Å². The van der Waals surface area contributed by atoms with Crippen LogP contribution in [0.5, 0.6) is 0 Å². The quantitative estimate of drug-likeness (QED) is 0.305. The average Bonchev–Trinajstić information content (AvgIpc) is 2.77. The third-order valence-corrected chi connectivity index (χ3v) is 8.42. The Balaban J connectivity index is 2.24. The van der Waals surface area contributed by atoms with Crippen LogP contribution < -0.4 is 5.73 Å². The monoisotopic (exact) mass is 441 g/mol. The first kappa shape index (κ1) is 27.4. The van der Waals surface area contributed by atoms with Crippen molar-refractivity contribution in [2.24, 2.45) is 29.4 Å². The molecule has 1 aliphatic rings. The van der Waals surface area contributed by atoms with Crippen LogP contribution in [0.25, 0.3) is 0 Å². The Morgan fingerprint density at radius 1 is 0.781 bits per heavy atom. The molecule has 2 rings (SSSR count). The first-order valence-corrected chi connectivity index (χ1v) is 14.2. The highest BCUT2D eigenvalue weighted by Crippen LogP contribution is 2.45. The maximum atomic E-state index is 6.21. The van der Waals surface area contributed by atoms with Crippen LogP contribution in [0.2, 0.25) is 0 Å². The van der Waals surface area contributed by atoms with E-state index in [2.05, 4.69) is 65.8 Å². The lowest BCUT2D eigenvalue weighted by atomic mass is 9.66. The SMILES string of the molecule is CCCC1CCC(C(CCC)C(CC(C)C[C@H](C)N)c2ccc(C(C)CCC)cc2)CC1. The Morgan fingerprint density at radius 2 is 1.38 bits per heavy atom. The van der Waals surface area contributed by atoms with Crippen molar-refractivity contribution in [3.05, 3.63) is 35.4 Å². The van der Waals surface area contributed by atoms with Gasteiger partial charge in [-0.1, -0.05) is 97.4 Å². The van der Waals surface area contributed by atoms with Crippen LogP contribution in [0, 0.1) is 23.7 Å². The zero-order valence-corrected chi connectivity index (χ0v) is 22.4. The second-order valence-corrected chi connectivity index (χ2v) is 11.5. The standard InChI is InChI=1S/C31H55N/c1-7-10-24(5)27-17-19-29(20-18-27)31(22-23(4)21-25(6)32)30(12-9-3)28-15-13-26(11-8-2)14-16-28/h17-20,23-26,28,30-31H,7-16,21-22,32H2,1-6H3/t23?,24?,25-,26?,28?,30?,31?/m0/s1. The van der Waals surface area contributed by atoms with E-state index in [-0.39, 0.29) is 0 Å². The summed E-state index contributed by atoms with van der Waals surface area (Å²) >= 11 is 0. The first-order chi connectivity index (χ1) is 15.4. The van der Waals surface area contributed by atoms with Gasteiger partial charge in [0, 0.05) is 6.04 Å². The van der Waals surface area contributed by atoms with Gasteiger partial charge in [-0.2, -0.15) is 0 Å². The second kappa shape index (κ2) is 14.4. The Labute approximate surface area is 201 Å². The molecule has 0 bridgehead atoms. The summed E-state index contributed by atoms with van der Waals surface area (Å²) in [5, 5.41) is 0. The lowest BCUT2D eigenvalue weighted by Crippen LogP contribution is -2.28. The molecule has 1 nitrogen and oxygen atoms in total. The highest BCUT2D eigenvalue weighted by Gasteiger charge is 2.33. The van der Waals surface area contributed by atoms with Gasteiger partial charge in [0.05, 0.1) is 0 Å². The van der Waals surface area contributed by atoms with Crippen molar-refractivity contribution in [3.63, 3.8) is 0 Å². The average molecular weight is 442 g/mol. The summed E-state index contributed by atoms with van der Waals surface area (Å²) in [5.74, 6) is 4.78. The molecular formula is C31H55N. The van der Waals surface area contributed by atoms with Crippen LogP contribution in [0.3, 0.4) is 0 Å². The molecule has 2 N–H and O–H groups in total. The molecule has 1 aromatic rings. The Kier molecular flexibility index (Phi) is 12.4. The minimum Gasteiger partial charge on any atom is -0.328 e. The van der Waals surface area contributed by atoms with E-state index in [1.54, 1.807) is 5.56 Å². The third-order valence-electron chi connectivity index (χ3n) is 8.42. The smallest absolute Gasteiger partial charge is 0.00130 e. The fourth-order valence-corrected chi connectivity index (χ4v) is 6.81. The van der Waals surface area contributed by atoms with Crippen molar-refractivity contribution in [2.45, 2.75) is 136 Å². The third kappa shape index (κ3) is 8.51. The van der Waals surface area contributed by atoms with Gasteiger partial charge in [-0.3, -0.25) is 0 Å². The Morgan fingerprint density at radius 3 is 1.91 bits per heavy atom. The molecule has 0 saturated heterocycles. The predicted molar refractivity (Wildman–Crippen MR) is 143 cm³/mol. The van der Waals surface area contributed by atoms with E-state index in [0.29, 0.717) is 23.8 Å². The molecule has 184 valence electrons. The van der Waals surface area contributed by atoms with Gasteiger partial charge in [-0.25, -0.2) is 0 Å². The van der Waals surface area contributed by atoms with Gasteiger partial charge in [0.1, 0.15) is 0 Å². The molecule has 32 heavy (non-hydrogen) atoms. The Bertz CT molecular complexity index is 595. The van der Waals surface area contributed by atoms with E-state index in [1.807, 2.05) is 0 Å². The van der Waals surface area contributed by atoms with Crippen LogP contribution in [0.1, 0.15) is 142 Å². The molecule has 0 radical (unpaired) electrons. The van der Waals surface area contributed by atoms with Crippen LogP contribution in [-0.4, -0.2) is 6.04 Å².